The number of benzene rings is 1. The fraction of sp³-hybridized carbons (Fsp3) is 0. The van der Waals surface area contributed by atoms with Gasteiger partial charge in [0, 0.05) is 5.69 Å². The molecule has 0 bridgehead atoms. The number of halogens is 1. The monoisotopic (exact) mass is 224 g/mol. The van der Waals surface area contributed by atoms with E-state index in [1.807, 2.05) is 0 Å². The van der Waals surface area contributed by atoms with Crippen LogP contribution in [0.2, 0.25) is 0 Å². The Hall–Kier alpha value is -0.820. The van der Waals surface area contributed by atoms with Crippen LogP contribution in [0.25, 0.3) is 0 Å². The van der Waals surface area contributed by atoms with Crippen LogP contribution in [0.15, 0.2) is 29.2 Å². The molecule has 0 amide bonds. The van der Waals surface area contributed by atoms with Crippen LogP contribution in [0.3, 0.4) is 0 Å². The van der Waals surface area contributed by atoms with Crippen LogP contribution >= 0.6 is 12.4 Å². The topological polar surface area (TPSA) is 92.4 Å². The number of rotatable bonds is 2. The van der Waals surface area contributed by atoms with Gasteiger partial charge < -0.3 is 5.43 Å². The van der Waals surface area contributed by atoms with E-state index in [4.69, 9.17) is 10.4 Å². The quantitative estimate of drug-likeness (QED) is 0.390. The molecule has 5 nitrogen and oxygen atoms in total. The summed E-state index contributed by atoms with van der Waals surface area (Å²) in [6, 6.07) is 5.40. The average Bonchev–Trinajstić information content (AvgIpc) is 2.03. The van der Waals surface area contributed by atoms with Crippen molar-refractivity contribution in [2.24, 2.45) is 5.84 Å². The molecule has 0 heterocycles. The van der Waals surface area contributed by atoms with E-state index in [-0.39, 0.29) is 17.3 Å². The van der Waals surface area contributed by atoms with Crippen LogP contribution in [-0.2, 0) is 10.1 Å². The van der Waals surface area contributed by atoms with Crippen LogP contribution in [0.5, 0.6) is 0 Å². The van der Waals surface area contributed by atoms with Gasteiger partial charge in [-0.05, 0) is 24.3 Å². The number of hydrogen-bond donors (Lipinski definition) is 3. The molecular formula is C6H9ClN2O3S. The van der Waals surface area contributed by atoms with E-state index in [1.165, 1.54) is 24.3 Å². The number of hydrogen-bond acceptors (Lipinski definition) is 4. The third kappa shape index (κ3) is 3.19. The minimum Gasteiger partial charge on any atom is -0.324 e. The van der Waals surface area contributed by atoms with Gasteiger partial charge in [0.1, 0.15) is 0 Å². The Labute approximate surface area is 82.1 Å². The second-order valence-corrected chi connectivity index (χ2v) is 3.57. The molecule has 0 fully saturated rings. The van der Waals surface area contributed by atoms with Crippen molar-refractivity contribution in [3.8, 4) is 0 Å². The molecule has 13 heavy (non-hydrogen) atoms. The SMILES string of the molecule is Cl.NNc1ccc(S(=O)(=O)O)cc1. The summed E-state index contributed by atoms with van der Waals surface area (Å²) < 4.78 is 29.6. The molecule has 0 atom stereocenters. The molecule has 1 aromatic rings. The number of anilines is 1. The van der Waals surface area contributed by atoms with Crippen molar-refractivity contribution in [1.29, 1.82) is 0 Å². The molecule has 0 spiro atoms. The first-order valence-corrected chi connectivity index (χ1v) is 4.52. The van der Waals surface area contributed by atoms with E-state index in [1.54, 1.807) is 0 Å². The molecule has 0 unspecified atom stereocenters. The standard InChI is InChI=1S/C6H8N2O3S.ClH/c7-8-5-1-3-6(4-2-5)12(9,10)11;/h1-4,8H,7H2,(H,9,10,11);1H. The van der Waals surface area contributed by atoms with Gasteiger partial charge in [-0.25, -0.2) is 0 Å². The fourth-order valence-corrected chi connectivity index (χ4v) is 1.20. The summed E-state index contributed by atoms with van der Waals surface area (Å²) in [4.78, 5) is -0.151. The summed E-state index contributed by atoms with van der Waals surface area (Å²) in [5, 5.41) is 0. The first-order chi connectivity index (χ1) is 5.54. The summed E-state index contributed by atoms with van der Waals surface area (Å²) in [6.45, 7) is 0. The predicted octanol–water partition coefficient (Wildman–Crippen LogP) is 0.641. The number of nitrogen functional groups attached to an aromatic ring is 1. The third-order valence-corrected chi connectivity index (χ3v) is 2.19. The largest absolute Gasteiger partial charge is 0.324 e. The minimum absolute atomic E-state index is 0. The molecule has 0 aliphatic carbocycles. The Kier molecular flexibility index (Phi) is 4.15. The van der Waals surface area contributed by atoms with Crippen molar-refractivity contribution >= 4 is 28.2 Å². The van der Waals surface area contributed by atoms with Crippen molar-refractivity contribution in [2.75, 3.05) is 5.43 Å². The highest BCUT2D eigenvalue weighted by atomic mass is 35.5. The van der Waals surface area contributed by atoms with Crippen molar-refractivity contribution in [1.82, 2.24) is 0 Å². The first kappa shape index (κ1) is 12.2. The smallest absolute Gasteiger partial charge is 0.294 e. The predicted molar refractivity (Wildman–Crippen MR) is 51.3 cm³/mol. The van der Waals surface area contributed by atoms with Crippen LogP contribution in [0, 0.1) is 0 Å². The van der Waals surface area contributed by atoms with Gasteiger partial charge in [-0.2, -0.15) is 8.42 Å². The summed E-state index contributed by atoms with van der Waals surface area (Å²) >= 11 is 0. The maximum absolute atomic E-state index is 10.5. The van der Waals surface area contributed by atoms with Gasteiger partial charge in [0.25, 0.3) is 10.1 Å². The molecule has 0 aliphatic rings. The zero-order chi connectivity index (χ0) is 9.19. The van der Waals surface area contributed by atoms with Gasteiger partial charge in [-0.1, -0.05) is 0 Å². The van der Waals surface area contributed by atoms with Crippen LogP contribution in [-0.4, -0.2) is 13.0 Å². The lowest BCUT2D eigenvalue weighted by molar-refractivity contribution is 0.483. The van der Waals surface area contributed by atoms with E-state index in [0.29, 0.717) is 5.69 Å². The van der Waals surface area contributed by atoms with E-state index in [2.05, 4.69) is 5.43 Å². The Morgan fingerprint density at radius 2 is 1.69 bits per heavy atom. The summed E-state index contributed by atoms with van der Waals surface area (Å²) in [5.74, 6) is 5.05. The van der Waals surface area contributed by atoms with Crippen molar-refractivity contribution in [3.63, 3.8) is 0 Å². The molecule has 0 radical (unpaired) electrons. The third-order valence-electron chi connectivity index (χ3n) is 1.32. The number of nitrogens with two attached hydrogens (primary N) is 1. The molecule has 7 heteroatoms. The van der Waals surface area contributed by atoms with E-state index in [0.717, 1.165) is 0 Å². The van der Waals surface area contributed by atoms with Crippen molar-refractivity contribution in [3.05, 3.63) is 24.3 Å². The Bertz CT molecular complexity index is 362. The van der Waals surface area contributed by atoms with E-state index < -0.39 is 10.1 Å². The summed E-state index contributed by atoms with van der Waals surface area (Å²) in [5.41, 5.74) is 2.90. The highest BCUT2D eigenvalue weighted by molar-refractivity contribution is 7.85. The fourth-order valence-electron chi connectivity index (χ4n) is 0.723. The maximum Gasteiger partial charge on any atom is 0.294 e. The van der Waals surface area contributed by atoms with Gasteiger partial charge in [0.15, 0.2) is 0 Å². The molecule has 1 rings (SSSR count). The average molecular weight is 225 g/mol. The number of hydrazine groups is 1. The molecule has 0 saturated carbocycles. The van der Waals surface area contributed by atoms with Gasteiger partial charge in [-0.15, -0.1) is 12.4 Å². The Morgan fingerprint density at radius 3 is 2.00 bits per heavy atom. The highest BCUT2D eigenvalue weighted by Crippen LogP contribution is 2.12. The summed E-state index contributed by atoms with van der Waals surface area (Å²) in [6.07, 6.45) is 0. The van der Waals surface area contributed by atoms with Crippen molar-refractivity contribution < 1.29 is 13.0 Å². The normalized spacial score (nSPS) is 10.3. The molecule has 0 saturated heterocycles. The lowest BCUT2D eigenvalue weighted by atomic mass is 10.3. The second kappa shape index (κ2) is 4.43. The molecule has 0 aromatic heterocycles. The van der Waals surface area contributed by atoms with Crippen molar-refractivity contribution in [2.45, 2.75) is 4.90 Å². The lowest BCUT2D eigenvalue weighted by Crippen LogP contribution is -2.06. The lowest BCUT2D eigenvalue weighted by Gasteiger charge is -1.99. The van der Waals surface area contributed by atoms with Gasteiger partial charge in [-0.3, -0.25) is 10.4 Å². The maximum atomic E-state index is 10.5. The van der Waals surface area contributed by atoms with E-state index in [9.17, 15) is 8.42 Å². The molecule has 1 aromatic carbocycles. The molecule has 74 valence electrons. The van der Waals surface area contributed by atoms with Crippen LogP contribution in [0.4, 0.5) is 5.69 Å². The second-order valence-electron chi connectivity index (χ2n) is 2.14. The van der Waals surface area contributed by atoms with Crippen LogP contribution in [0.1, 0.15) is 0 Å². The molecule has 4 N–H and O–H groups in total. The molecule has 0 aliphatic heterocycles. The Balaban J connectivity index is 0.00000144. The van der Waals surface area contributed by atoms with Gasteiger partial charge >= 0.3 is 0 Å². The van der Waals surface area contributed by atoms with E-state index >= 15 is 0 Å². The molecular weight excluding hydrogens is 216 g/mol. The Morgan fingerprint density at radius 1 is 1.23 bits per heavy atom. The summed E-state index contributed by atoms with van der Waals surface area (Å²) in [7, 11) is -4.10. The van der Waals surface area contributed by atoms with Gasteiger partial charge in [0.2, 0.25) is 0 Å². The van der Waals surface area contributed by atoms with Gasteiger partial charge in [0.05, 0.1) is 4.90 Å². The minimum atomic E-state index is -4.10. The zero-order valence-corrected chi connectivity index (χ0v) is 8.10. The van der Waals surface area contributed by atoms with Crippen LogP contribution < -0.4 is 11.3 Å². The highest BCUT2D eigenvalue weighted by Gasteiger charge is 2.07. The first-order valence-electron chi connectivity index (χ1n) is 3.08. The number of nitrogens with one attached hydrogen (secondary N) is 1. The zero-order valence-electron chi connectivity index (χ0n) is 6.47.